The van der Waals surface area contributed by atoms with Crippen LogP contribution < -0.4 is 0 Å². The van der Waals surface area contributed by atoms with E-state index in [0.29, 0.717) is 18.8 Å². The molecule has 0 spiro atoms. The van der Waals surface area contributed by atoms with Gasteiger partial charge in [-0.2, -0.15) is 25.8 Å². The van der Waals surface area contributed by atoms with Gasteiger partial charge in [-0.3, -0.25) is 4.90 Å². The predicted molar refractivity (Wildman–Crippen MR) is 60.4 cm³/mol. The summed E-state index contributed by atoms with van der Waals surface area (Å²) >= 11 is 4.15. The lowest BCUT2D eigenvalue weighted by Gasteiger charge is -2.31. The van der Waals surface area contributed by atoms with Crippen molar-refractivity contribution in [2.45, 2.75) is 33.4 Å². The minimum absolute atomic E-state index is 0.177. The number of alkyl halides is 3. The van der Waals surface area contributed by atoms with Crippen molar-refractivity contribution < 1.29 is 13.2 Å². The number of rotatable bonds is 6. The van der Waals surface area contributed by atoms with E-state index in [-0.39, 0.29) is 5.41 Å². The van der Waals surface area contributed by atoms with Gasteiger partial charge in [-0.1, -0.05) is 20.8 Å². The van der Waals surface area contributed by atoms with E-state index in [1.165, 1.54) is 4.90 Å². The Kier molecular flexibility index (Phi) is 6.03. The van der Waals surface area contributed by atoms with E-state index in [1.807, 2.05) is 20.8 Å². The van der Waals surface area contributed by atoms with Crippen LogP contribution in [0.5, 0.6) is 0 Å². The maximum Gasteiger partial charge on any atom is 0.401 e. The zero-order valence-electron chi connectivity index (χ0n) is 9.56. The fraction of sp³-hybridized carbons (Fsp3) is 1.00. The Morgan fingerprint density at radius 3 is 2.00 bits per heavy atom. The molecule has 0 heterocycles. The lowest BCUT2D eigenvalue weighted by atomic mass is 9.95. The normalized spacial score (nSPS) is 13.6. The van der Waals surface area contributed by atoms with Crippen LogP contribution in [-0.4, -0.2) is 36.5 Å². The van der Waals surface area contributed by atoms with Gasteiger partial charge in [0.2, 0.25) is 0 Å². The molecule has 0 aromatic carbocycles. The molecular formula is C10H20F3NS. The van der Waals surface area contributed by atoms with Crippen LogP contribution in [0.15, 0.2) is 0 Å². The molecule has 92 valence electrons. The molecule has 0 unspecified atom stereocenters. The Labute approximate surface area is 95.4 Å². The Bertz CT molecular complexity index is 180. The minimum Gasteiger partial charge on any atom is -0.294 e. The summed E-state index contributed by atoms with van der Waals surface area (Å²) < 4.78 is 36.7. The van der Waals surface area contributed by atoms with E-state index in [0.717, 1.165) is 6.42 Å². The molecule has 0 bridgehead atoms. The quantitative estimate of drug-likeness (QED) is 0.701. The van der Waals surface area contributed by atoms with Crippen molar-refractivity contribution >= 4 is 12.6 Å². The van der Waals surface area contributed by atoms with Gasteiger partial charge in [-0.05, 0) is 24.1 Å². The van der Waals surface area contributed by atoms with Crippen molar-refractivity contribution in [1.29, 1.82) is 0 Å². The average molecular weight is 243 g/mol. The first-order chi connectivity index (χ1) is 6.70. The molecule has 1 nitrogen and oxygen atoms in total. The molecule has 0 rings (SSSR count). The van der Waals surface area contributed by atoms with E-state index >= 15 is 0 Å². The van der Waals surface area contributed by atoms with Crippen molar-refractivity contribution in [2.75, 3.05) is 25.4 Å². The summed E-state index contributed by atoms with van der Waals surface area (Å²) in [7, 11) is 0. The Balaban J connectivity index is 4.28. The maximum absolute atomic E-state index is 12.2. The van der Waals surface area contributed by atoms with E-state index < -0.39 is 12.7 Å². The second kappa shape index (κ2) is 5.99. The lowest BCUT2D eigenvalue weighted by molar-refractivity contribution is -0.148. The topological polar surface area (TPSA) is 3.24 Å². The highest BCUT2D eigenvalue weighted by molar-refractivity contribution is 7.80. The van der Waals surface area contributed by atoms with Crippen LogP contribution in [0.4, 0.5) is 13.2 Å². The highest BCUT2D eigenvalue weighted by Gasteiger charge is 2.32. The average Bonchev–Trinajstić information content (AvgIpc) is 2.01. The molecule has 0 N–H and O–H groups in total. The summed E-state index contributed by atoms with van der Waals surface area (Å²) in [5, 5.41) is 0. The fourth-order valence-corrected chi connectivity index (χ4v) is 1.54. The smallest absolute Gasteiger partial charge is 0.294 e. The van der Waals surface area contributed by atoms with E-state index in [4.69, 9.17) is 0 Å². The van der Waals surface area contributed by atoms with Gasteiger partial charge in [-0.15, -0.1) is 0 Å². The zero-order chi connectivity index (χ0) is 12.1. The van der Waals surface area contributed by atoms with Crippen LogP contribution in [-0.2, 0) is 0 Å². The summed E-state index contributed by atoms with van der Waals surface area (Å²) in [4.78, 5) is 1.45. The third kappa shape index (κ3) is 7.96. The SMILES string of the molecule is CCCN(CC(F)(F)F)CC(C)(C)CS. The second-order valence-corrected chi connectivity index (χ2v) is 4.96. The molecule has 0 saturated heterocycles. The van der Waals surface area contributed by atoms with Gasteiger partial charge in [0.15, 0.2) is 0 Å². The van der Waals surface area contributed by atoms with Crippen LogP contribution in [0.25, 0.3) is 0 Å². The molecule has 0 aliphatic heterocycles. The van der Waals surface area contributed by atoms with Crippen molar-refractivity contribution in [3.8, 4) is 0 Å². The second-order valence-electron chi connectivity index (χ2n) is 4.65. The summed E-state index contributed by atoms with van der Waals surface area (Å²) in [5.41, 5.74) is -0.177. The first kappa shape index (κ1) is 15.1. The number of hydrogen-bond acceptors (Lipinski definition) is 2. The highest BCUT2D eigenvalue weighted by atomic mass is 32.1. The standard InChI is InChI=1S/C10H20F3NS/c1-4-5-14(7-10(11,12)13)6-9(2,3)8-15/h15H,4-8H2,1-3H3. The number of hydrogen-bond donors (Lipinski definition) is 1. The molecule has 0 fully saturated rings. The van der Waals surface area contributed by atoms with Gasteiger partial charge in [0.1, 0.15) is 0 Å². The van der Waals surface area contributed by atoms with Gasteiger partial charge in [0.25, 0.3) is 0 Å². The molecular weight excluding hydrogens is 223 g/mol. The third-order valence-electron chi connectivity index (χ3n) is 2.02. The monoisotopic (exact) mass is 243 g/mol. The molecule has 0 aliphatic rings. The number of halogens is 3. The lowest BCUT2D eigenvalue weighted by Crippen LogP contribution is -2.41. The van der Waals surface area contributed by atoms with Gasteiger partial charge in [-0.25, -0.2) is 0 Å². The first-order valence-electron chi connectivity index (χ1n) is 5.10. The molecule has 0 aromatic heterocycles. The Morgan fingerprint density at radius 2 is 1.67 bits per heavy atom. The Hall–Kier alpha value is 0.100. The van der Waals surface area contributed by atoms with Crippen LogP contribution >= 0.6 is 12.6 Å². The summed E-state index contributed by atoms with van der Waals surface area (Å²) in [6.45, 7) is 5.84. The number of nitrogens with zero attached hydrogens (tertiary/aromatic N) is 1. The Morgan fingerprint density at radius 1 is 1.13 bits per heavy atom. The maximum atomic E-state index is 12.2. The molecule has 0 atom stereocenters. The molecule has 0 aromatic rings. The van der Waals surface area contributed by atoms with Crippen molar-refractivity contribution in [2.24, 2.45) is 5.41 Å². The van der Waals surface area contributed by atoms with Crippen LogP contribution in [0.1, 0.15) is 27.2 Å². The van der Waals surface area contributed by atoms with E-state index in [9.17, 15) is 13.2 Å². The third-order valence-corrected chi connectivity index (χ3v) is 2.88. The van der Waals surface area contributed by atoms with Gasteiger partial charge >= 0.3 is 6.18 Å². The van der Waals surface area contributed by atoms with Crippen molar-refractivity contribution in [1.82, 2.24) is 4.90 Å². The van der Waals surface area contributed by atoms with E-state index in [1.54, 1.807) is 0 Å². The first-order valence-corrected chi connectivity index (χ1v) is 5.73. The molecule has 0 aliphatic carbocycles. The van der Waals surface area contributed by atoms with Crippen LogP contribution in [0.2, 0.25) is 0 Å². The van der Waals surface area contributed by atoms with Gasteiger partial charge in [0.05, 0.1) is 6.54 Å². The summed E-state index contributed by atoms with van der Waals surface area (Å²) in [6, 6.07) is 0. The zero-order valence-corrected chi connectivity index (χ0v) is 10.5. The molecule has 15 heavy (non-hydrogen) atoms. The summed E-state index contributed by atoms with van der Waals surface area (Å²) in [6.07, 6.45) is -3.37. The van der Waals surface area contributed by atoms with Crippen molar-refractivity contribution in [3.63, 3.8) is 0 Å². The number of thiol groups is 1. The van der Waals surface area contributed by atoms with Gasteiger partial charge < -0.3 is 0 Å². The molecule has 0 radical (unpaired) electrons. The summed E-state index contributed by atoms with van der Waals surface area (Å²) in [5.74, 6) is 0.588. The largest absolute Gasteiger partial charge is 0.401 e. The fourth-order valence-electron chi connectivity index (χ4n) is 1.44. The molecule has 0 saturated carbocycles. The van der Waals surface area contributed by atoms with Gasteiger partial charge in [0, 0.05) is 6.54 Å². The highest BCUT2D eigenvalue weighted by Crippen LogP contribution is 2.22. The predicted octanol–water partition coefficient (Wildman–Crippen LogP) is 3.22. The minimum atomic E-state index is -4.11. The van der Waals surface area contributed by atoms with Crippen LogP contribution in [0.3, 0.4) is 0 Å². The van der Waals surface area contributed by atoms with Crippen LogP contribution in [0, 0.1) is 5.41 Å². The van der Waals surface area contributed by atoms with Crippen molar-refractivity contribution in [3.05, 3.63) is 0 Å². The molecule has 5 heteroatoms. The molecule has 0 amide bonds. The van der Waals surface area contributed by atoms with E-state index in [2.05, 4.69) is 12.6 Å².